The number of carbonyl (C=O) groups is 2. The molecule has 1 aromatic rings. The summed E-state index contributed by atoms with van der Waals surface area (Å²) in [6.07, 6.45) is 5.32. The van der Waals surface area contributed by atoms with E-state index in [4.69, 9.17) is 0 Å². The van der Waals surface area contributed by atoms with Crippen LogP contribution >= 0.6 is 0 Å². The molecule has 2 amide bonds. The van der Waals surface area contributed by atoms with Gasteiger partial charge in [-0.05, 0) is 30.5 Å². The zero-order chi connectivity index (χ0) is 15.1. The number of nitrogens with zero attached hydrogens (tertiary/aromatic N) is 1. The Balaban J connectivity index is 1.88. The third-order valence-corrected chi connectivity index (χ3v) is 3.76. The van der Waals surface area contributed by atoms with Gasteiger partial charge in [-0.25, -0.2) is 0 Å². The van der Waals surface area contributed by atoms with Gasteiger partial charge >= 0.3 is 0 Å². The van der Waals surface area contributed by atoms with Crippen molar-refractivity contribution in [3.63, 3.8) is 0 Å². The fraction of sp³-hybridized carbons (Fsp3) is 0.529. The monoisotopic (exact) mass is 288 g/mol. The number of unbranched alkanes of at least 4 members (excludes halogenated alkanes) is 2. The van der Waals surface area contributed by atoms with Crippen molar-refractivity contribution in [2.24, 2.45) is 0 Å². The summed E-state index contributed by atoms with van der Waals surface area (Å²) in [5.41, 5.74) is 1.89. The third-order valence-electron chi connectivity index (χ3n) is 3.76. The maximum absolute atomic E-state index is 11.8. The first kappa shape index (κ1) is 15.5. The summed E-state index contributed by atoms with van der Waals surface area (Å²) in [5, 5.41) is 2.93. The van der Waals surface area contributed by atoms with E-state index in [2.05, 4.69) is 12.2 Å². The number of anilines is 1. The lowest BCUT2D eigenvalue weighted by Crippen LogP contribution is -2.23. The summed E-state index contributed by atoms with van der Waals surface area (Å²) in [4.78, 5) is 25.3. The SMILES string of the molecule is CCCCCC(=O)Nc1cccc(CN2CCCC2=O)c1. The van der Waals surface area contributed by atoms with E-state index < -0.39 is 0 Å². The number of amides is 2. The molecule has 4 nitrogen and oxygen atoms in total. The van der Waals surface area contributed by atoms with E-state index in [1.807, 2.05) is 29.2 Å². The Kier molecular flexibility index (Phi) is 5.78. The molecule has 2 rings (SSSR count). The van der Waals surface area contributed by atoms with Crippen LogP contribution in [0.3, 0.4) is 0 Å². The summed E-state index contributed by atoms with van der Waals surface area (Å²) in [7, 11) is 0. The van der Waals surface area contributed by atoms with Gasteiger partial charge in [0.2, 0.25) is 11.8 Å². The Labute approximate surface area is 126 Å². The van der Waals surface area contributed by atoms with Crippen LogP contribution in [-0.4, -0.2) is 23.3 Å². The number of rotatable bonds is 7. The molecule has 0 bridgehead atoms. The predicted molar refractivity (Wildman–Crippen MR) is 83.9 cm³/mol. The molecule has 0 saturated carbocycles. The van der Waals surface area contributed by atoms with Crippen LogP contribution in [0.15, 0.2) is 24.3 Å². The first-order chi connectivity index (χ1) is 10.2. The molecule has 0 aliphatic carbocycles. The summed E-state index contributed by atoms with van der Waals surface area (Å²) >= 11 is 0. The first-order valence-electron chi connectivity index (χ1n) is 7.85. The van der Waals surface area contributed by atoms with E-state index in [1.165, 1.54) is 0 Å². The topological polar surface area (TPSA) is 49.4 Å². The fourth-order valence-corrected chi connectivity index (χ4v) is 2.60. The molecule has 1 aliphatic heterocycles. The van der Waals surface area contributed by atoms with Crippen molar-refractivity contribution >= 4 is 17.5 Å². The van der Waals surface area contributed by atoms with Crippen molar-refractivity contribution in [2.75, 3.05) is 11.9 Å². The molecule has 4 heteroatoms. The second-order valence-electron chi connectivity index (χ2n) is 5.62. The van der Waals surface area contributed by atoms with Crippen LogP contribution in [0, 0.1) is 0 Å². The molecule has 1 saturated heterocycles. The molecule has 21 heavy (non-hydrogen) atoms. The van der Waals surface area contributed by atoms with Gasteiger partial charge in [-0.1, -0.05) is 31.9 Å². The minimum atomic E-state index is 0.0675. The van der Waals surface area contributed by atoms with Gasteiger partial charge in [-0.3, -0.25) is 9.59 Å². The minimum absolute atomic E-state index is 0.0675. The molecule has 1 aliphatic rings. The van der Waals surface area contributed by atoms with Crippen LogP contribution in [0.2, 0.25) is 0 Å². The minimum Gasteiger partial charge on any atom is -0.338 e. The number of nitrogens with one attached hydrogen (secondary N) is 1. The van der Waals surface area contributed by atoms with Gasteiger partial charge in [0.25, 0.3) is 0 Å². The largest absolute Gasteiger partial charge is 0.338 e. The van der Waals surface area contributed by atoms with Crippen LogP contribution in [-0.2, 0) is 16.1 Å². The van der Waals surface area contributed by atoms with Gasteiger partial charge in [0.05, 0.1) is 0 Å². The van der Waals surface area contributed by atoms with Crippen molar-refractivity contribution < 1.29 is 9.59 Å². The van der Waals surface area contributed by atoms with Gasteiger partial charge < -0.3 is 10.2 Å². The van der Waals surface area contributed by atoms with Crippen molar-refractivity contribution in [1.82, 2.24) is 4.90 Å². The summed E-state index contributed by atoms with van der Waals surface area (Å²) in [6, 6.07) is 7.78. The molecule has 0 radical (unpaired) electrons. The number of benzene rings is 1. The average Bonchev–Trinajstić information content (AvgIpc) is 2.85. The van der Waals surface area contributed by atoms with Gasteiger partial charge in [-0.2, -0.15) is 0 Å². The Morgan fingerprint density at radius 1 is 1.33 bits per heavy atom. The Morgan fingerprint density at radius 3 is 2.90 bits per heavy atom. The fourth-order valence-electron chi connectivity index (χ4n) is 2.60. The van der Waals surface area contributed by atoms with E-state index in [0.717, 1.165) is 43.5 Å². The van der Waals surface area contributed by atoms with Crippen LogP contribution in [0.25, 0.3) is 0 Å². The van der Waals surface area contributed by atoms with Gasteiger partial charge in [0, 0.05) is 31.6 Å². The van der Waals surface area contributed by atoms with Crippen molar-refractivity contribution in [1.29, 1.82) is 0 Å². The lowest BCUT2D eigenvalue weighted by Gasteiger charge is -2.16. The molecule has 0 atom stereocenters. The van der Waals surface area contributed by atoms with Crippen LogP contribution in [0.4, 0.5) is 5.69 Å². The van der Waals surface area contributed by atoms with Crippen molar-refractivity contribution in [2.45, 2.75) is 52.0 Å². The normalized spacial score (nSPS) is 14.5. The molecule has 1 N–H and O–H groups in total. The number of carbonyl (C=O) groups excluding carboxylic acids is 2. The standard InChI is InChI=1S/C17H24N2O2/c1-2-3-4-9-16(20)18-15-8-5-7-14(12-15)13-19-11-6-10-17(19)21/h5,7-8,12H,2-4,6,9-11,13H2,1H3,(H,18,20). The van der Waals surface area contributed by atoms with Crippen LogP contribution in [0.5, 0.6) is 0 Å². The van der Waals surface area contributed by atoms with E-state index in [-0.39, 0.29) is 11.8 Å². The van der Waals surface area contributed by atoms with Gasteiger partial charge in [0.15, 0.2) is 0 Å². The lowest BCUT2D eigenvalue weighted by atomic mass is 10.1. The van der Waals surface area contributed by atoms with Gasteiger partial charge in [0.1, 0.15) is 0 Å². The Morgan fingerprint density at radius 2 is 2.19 bits per heavy atom. The number of hydrogen-bond acceptors (Lipinski definition) is 2. The third kappa shape index (κ3) is 4.88. The maximum Gasteiger partial charge on any atom is 0.224 e. The Bertz CT molecular complexity index is 499. The Hall–Kier alpha value is -1.84. The average molecular weight is 288 g/mol. The van der Waals surface area contributed by atoms with Crippen LogP contribution < -0.4 is 5.32 Å². The maximum atomic E-state index is 11.8. The van der Waals surface area contributed by atoms with Crippen molar-refractivity contribution in [3.05, 3.63) is 29.8 Å². The quantitative estimate of drug-likeness (QED) is 0.782. The second kappa shape index (κ2) is 7.81. The molecular formula is C17H24N2O2. The highest BCUT2D eigenvalue weighted by molar-refractivity contribution is 5.90. The van der Waals surface area contributed by atoms with Gasteiger partial charge in [-0.15, -0.1) is 0 Å². The molecule has 1 heterocycles. The molecule has 1 aromatic carbocycles. The first-order valence-corrected chi connectivity index (χ1v) is 7.85. The van der Waals surface area contributed by atoms with Crippen LogP contribution in [0.1, 0.15) is 51.0 Å². The molecule has 0 spiro atoms. The smallest absolute Gasteiger partial charge is 0.224 e. The highest BCUT2D eigenvalue weighted by Gasteiger charge is 2.19. The predicted octanol–water partition coefficient (Wildman–Crippen LogP) is 3.33. The van der Waals surface area contributed by atoms with E-state index in [9.17, 15) is 9.59 Å². The van der Waals surface area contributed by atoms with E-state index in [0.29, 0.717) is 19.4 Å². The summed E-state index contributed by atoms with van der Waals surface area (Å²) < 4.78 is 0. The van der Waals surface area contributed by atoms with E-state index in [1.54, 1.807) is 0 Å². The molecule has 0 aromatic heterocycles. The lowest BCUT2D eigenvalue weighted by molar-refractivity contribution is -0.128. The zero-order valence-corrected chi connectivity index (χ0v) is 12.7. The zero-order valence-electron chi connectivity index (χ0n) is 12.7. The molecule has 1 fully saturated rings. The highest BCUT2D eigenvalue weighted by Crippen LogP contribution is 2.17. The highest BCUT2D eigenvalue weighted by atomic mass is 16.2. The molecule has 114 valence electrons. The number of hydrogen-bond donors (Lipinski definition) is 1. The van der Waals surface area contributed by atoms with E-state index >= 15 is 0 Å². The number of likely N-dealkylation sites (tertiary alicyclic amines) is 1. The second-order valence-corrected chi connectivity index (χ2v) is 5.62. The molecule has 0 unspecified atom stereocenters. The summed E-state index contributed by atoms with van der Waals surface area (Å²) in [5.74, 6) is 0.293. The summed E-state index contributed by atoms with van der Waals surface area (Å²) in [6.45, 7) is 3.60. The molecular weight excluding hydrogens is 264 g/mol. The van der Waals surface area contributed by atoms with Crippen molar-refractivity contribution in [3.8, 4) is 0 Å².